The molecule has 1 amide bonds. The van der Waals surface area contributed by atoms with Gasteiger partial charge in [0, 0.05) is 17.7 Å². The van der Waals surface area contributed by atoms with Gasteiger partial charge in [0.2, 0.25) is 0 Å². The Morgan fingerprint density at radius 2 is 1.84 bits per heavy atom. The van der Waals surface area contributed by atoms with Crippen molar-refractivity contribution >= 4 is 34.4 Å². The number of carbonyl (C=O) groups is 1. The minimum Gasteiger partial charge on any atom is -0.496 e. The molecule has 2 aliphatic heterocycles. The van der Waals surface area contributed by atoms with E-state index in [1.807, 2.05) is 55.5 Å². The summed E-state index contributed by atoms with van der Waals surface area (Å²) in [4.78, 5) is 21.4. The Labute approximate surface area is 185 Å². The molecule has 0 N–H and O–H groups in total. The molecule has 0 fully saturated rings. The summed E-state index contributed by atoms with van der Waals surface area (Å²) in [6.45, 7) is 2.87. The number of benzene rings is 3. The highest BCUT2D eigenvalue weighted by molar-refractivity contribution is 6.43. The summed E-state index contributed by atoms with van der Waals surface area (Å²) < 4.78 is 11.6. The number of hydrogen-bond donors (Lipinski definition) is 0. The number of ether oxygens (including phenoxy) is 2. The van der Waals surface area contributed by atoms with Crippen LogP contribution in [0.4, 0.5) is 0 Å². The number of carbonyl (C=O) groups excluding carboxylic acids is 1. The Balaban J connectivity index is 1.40. The van der Waals surface area contributed by atoms with Gasteiger partial charge in [0.25, 0.3) is 5.91 Å². The quantitative estimate of drug-likeness (QED) is 0.600. The highest BCUT2D eigenvalue weighted by Crippen LogP contribution is 2.26. The van der Waals surface area contributed by atoms with Gasteiger partial charge >= 0.3 is 0 Å². The summed E-state index contributed by atoms with van der Waals surface area (Å²) in [5, 5.41) is 8.22. The molecule has 3 aromatic carbocycles. The summed E-state index contributed by atoms with van der Waals surface area (Å²) in [6.07, 6.45) is 1.63. The van der Waals surface area contributed by atoms with E-state index in [4.69, 9.17) is 9.47 Å². The van der Waals surface area contributed by atoms with Crippen LogP contribution in [0.1, 0.15) is 18.1 Å². The van der Waals surface area contributed by atoms with E-state index in [2.05, 4.69) is 27.2 Å². The van der Waals surface area contributed by atoms with Crippen molar-refractivity contribution in [1.82, 2.24) is 5.01 Å². The third-order valence-electron chi connectivity index (χ3n) is 5.58. The third-order valence-corrected chi connectivity index (χ3v) is 5.58. The first kappa shape index (κ1) is 19.9. The number of fused-ring (bicyclic) bond motifs is 2. The maximum Gasteiger partial charge on any atom is 0.278 e. The van der Waals surface area contributed by atoms with Gasteiger partial charge in [-0.3, -0.25) is 9.80 Å². The van der Waals surface area contributed by atoms with Crippen LogP contribution < -0.4 is 9.47 Å². The predicted molar refractivity (Wildman–Crippen MR) is 125 cm³/mol. The number of methoxy groups -OCH3 is 1. The van der Waals surface area contributed by atoms with Gasteiger partial charge in [0.05, 0.1) is 19.0 Å². The lowest BCUT2D eigenvalue weighted by Crippen LogP contribution is -2.41. The molecule has 3 aromatic rings. The summed E-state index contributed by atoms with van der Waals surface area (Å²) in [5.41, 5.74) is 2.18. The van der Waals surface area contributed by atoms with Crippen molar-refractivity contribution in [3.8, 4) is 11.5 Å². The average molecular weight is 426 g/mol. The number of hydrogen-bond acceptors (Lipinski definition) is 6. The Morgan fingerprint density at radius 3 is 2.66 bits per heavy atom. The van der Waals surface area contributed by atoms with Crippen molar-refractivity contribution in [3.05, 3.63) is 71.8 Å². The molecular formula is C25H22N4O3. The van der Waals surface area contributed by atoms with Crippen LogP contribution in [0.25, 0.3) is 10.8 Å². The number of hydrazone groups is 1. The second-order valence-corrected chi connectivity index (χ2v) is 7.54. The lowest BCUT2D eigenvalue weighted by atomic mass is 10.1. The van der Waals surface area contributed by atoms with Gasteiger partial charge in [0.1, 0.15) is 18.1 Å². The molecule has 0 saturated heterocycles. The van der Waals surface area contributed by atoms with Crippen molar-refractivity contribution in [3.63, 3.8) is 0 Å². The summed E-state index contributed by atoms with van der Waals surface area (Å²) in [7, 11) is 1.62. The summed E-state index contributed by atoms with van der Waals surface area (Å²) >= 11 is 0. The Hall–Kier alpha value is -4.00. The zero-order valence-electron chi connectivity index (χ0n) is 17.9. The highest BCUT2D eigenvalue weighted by atomic mass is 16.5. The first-order valence-electron chi connectivity index (χ1n) is 10.5. The normalized spacial score (nSPS) is 17.2. The van der Waals surface area contributed by atoms with Gasteiger partial charge in [-0.2, -0.15) is 10.1 Å². The number of aliphatic imine (C=N–C) groups is 2. The molecule has 7 heteroatoms. The van der Waals surface area contributed by atoms with Gasteiger partial charge in [-0.05, 0) is 48.0 Å². The van der Waals surface area contributed by atoms with Gasteiger partial charge in [-0.15, -0.1) is 0 Å². The van der Waals surface area contributed by atoms with Crippen molar-refractivity contribution < 1.29 is 14.3 Å². The monoisotopic (exact) mass is 426 g/mol. The van der Waals surface area contributed by atoms with Crippen molar-refractivity contribution in [1.29, 1.82) is 0 Å². The van der Waals surface area contributed by atoms with Crippen LogP contribution in [0, 0.1) is 0 Å². The Morgan fingerprint density at radius 1 is 1.00 bits per heavy atom. The first-order valence-corrected chi connectivity index (χ1v) is 10.5. The fourth-order valence-electron chi connectivity index (χ4n) is 3.92. The number of nitrogens with zero attached hydrogens (tertiary/aromatic N) is 4. The first-order chi connectivity index (χ1) is 15.7. The molecule has 0 spiro atoms. The van der Waals surface area contributed by atoms with E-state index in [1.165, 1.54) is 0 Å². The fraction of sp³-hybridized carbons (Fsp3) is 0.200. The molecule has 0 aromatic heterocycles. The summed E-state index contributed by atoms with van der Waals surface area (Å²) in [6, 6.07) is 19.2. The Kier molecular flexibility index (Phi) is 5.15. The molecule has 5 rings (SSSR count). The van der Waals surface area contributed by atoms with Crippen LogP contribution in [-0.2, 0) is 11.4 Å². The molecule has 0 bridgehead atoms. The van der Waals surface area contributed by atoms with Gasteiger partial charge in [0.15, 0.2) is 11.9 Å². The van der Waals surface area contributed by atoms with Gasteiger partial charge in [-0.1, -0.05) is 30.3 Å². The van der Waals surface area contributed by atoms with Crippen LogP contribution in [0.2, 0.25) is 0 Å². The fourth-order valence-corrected chi connectivity index (χ4v) is 3.92. The second kappa shape index (κ2) is 8.26. The van der Waals surface area contributed by atoms with E-state index in [0.717, 1.165) is 27.6 Å². The number of likely N-dealkylation sites (N-methyl/N-ethyl adjacent to an activating group) is 1. The lowest BCUT2D eigenvalue weighted by molar-refractivity contribution is -0.120. The molecule has 2 heterocycles. The molecule has 1 unspecified atom stereocenters. The van der Waals surface area contributed by atoms with E-state index in [9.17, 15) is 4.79 Å². The standard InChI is InChI=1S/C25H22N4O3/c1-3-29-23-21(14-26-29)27-24(28-25(23)30)18-9-11-22(31-2)19(12-18)15-32-20-10-8-16-6-4-5-7-17(16)13-20/h4-14,23H,3,15H2,1-2H3. The third kappa shape index (κ3) is 3.62. The van der Waals surface area contributed by atoms with Crippen LogP contribution in [0.3, 0.4) is 0 Å². The number of amidine groups is 1. The molecular weight excluding hydrogens is 404 g/mol. The molecule has 0 radical (unpaired) electrons. The molecule has 32 heavy (non-hydrogen) atoms. The van der Waals surface area contributed by atoms with Crippen LogP contribution >= 0.6 is 0 Å². The predicted octanol–water partition coefficient (Wildman–Crippen LogP) is 3.85. The molecule has 1 atom stereocenters. The van der Waals surface area contributed by atoms with Gasteiger partial charge < -0.3 is 9.47 Å². The van der Waals surface area contributed by atoms with Crippen molar-refractivity contribution in [2.45, 2.75) is 19.6 Å². The molecule has 7 nitrogen and oxygen atoms in total. The average Bonchev–Trinajstić information content (AvgIpc) is 3.26. The molecule has 0 saturated carbocycles. The molecule has 0 aliphatic carbocycles. The van der Waals surface area contributed by atoms with Crippen LogP contribution in [0.15, 0.2) is 75.7 Å². The van der Waals surface area contributed by atoms with E-state index in [-0.39, 0.29) is 5.91 Å². The molecule has 2 aliphatic rings. The van der Waals surface area contributed by atoms with E-state index in [0.29, 0.717) is 30.4 Å². The maximum atomic E-state index is 12.6. The smallest absolute Gasteiger partial charge is 0.278 e. The second-order valence-electron chi connectivity index (χ2n) is 7.54. The number of amides is 1. The van der Waals surface area contributed by atoms with E-state index < -0.39 is 6.04 Å². The molecule has 160 valence electrons. The highest BCUT2D eigenvalue weighted by Gasteiger charge is 2.36. The maximum absolute atomic E-state index is 12.6. The largest absolute Gasteiger partial charge is 0.496 e. The minimum atomic E-state index is -0.516. The van der Waals surface area contributed by atoms with Crippen molar-refractivity contribution in [2.24, 2.45) is 15.1 Å². The van der Waals surface area contributed by atoms with E-state index in [1.54, 1.807) is 18.3 Å². The zero-order valence-corrected chi connectivity index (χ0v) is 17.9. The zero-order chi connectivity index (χ0) is 22.1. The topological polar surface area (TPSA) is 75.8 Å². The Bertz CT molecular complexity index is 1300. The van der Waals surface area contributed by atoms with Crippen LogP contribution in [-0.4, -0.2) is 48.4 Å². The minimum absolute atomic E-state index is 0.255. The lowest BCUT2D eigenvalue weighted by Gasteiger charge is -2.22. The summed E-state index contributed by atoms with van der Waals surface area (Å²) in [5.74, 6) is 1.59. The number of rotatable bonds is 6. The SMILES string of the molecule is CCN1N=CC2=NC(c3ccc(OC)c(COc4ccc5ccccc5c4)c3)=NC(=O)C21. The van der Waals surface area contributed by atoms with Gasteiger partial charge in [-0.25, -0.2) is 4.99 Å². The van der Waals surface area contributed by atoms with E-state index >= 15 is 0 Å². The van der Waals surface area contributed by atoms with Crippen molar-refractivity contribution in [2.75, 3.05) is 13.7 Å². The van der Waals surface area contributed by atoms with Crippen LogP contribution in [0.5, 0.6) is 11.5 Å².